The topological polar surface area (TPSA) is 158 Å². The molecule has 0 amide bonds. The Balaban J connectivity index is 2.04. The molecule has 9 atom stereocenters. The molecule has 0 bridgehead atoms. The summed E-state index contributed by atoms with van der Waals surface area (Å²) in [4.78, 5) is 0. The van der Waals surface area contributed by atoms with Gasteiger partial charge in [-0.2, -0.15) is 0 Å². The molecule has 10 nitrogen and oxygen atoms in total. The molecule has 0 aromatic carbocycles. The summed E-state index contributed by atoms with van der Waals surface area (Å²) in [5, 5.41) is 59.1. The Hall–Kier alpha value is -0.660. The molecule has 6 N–H and O–H groups in total. The summed E-state index contributed by atoms with van der Waals surface area (Å²) in [5.74, 6) is 0. The summed E-state index contributed by atoms with van der Waals surface area (Å²) in [6.45, 7) is 1.42. The molecule has 158 valence electrons. The third-order valence-electron chi connectivity index (χ3n) is 4.54. The van der Waals surface area contributed by atoms with Crippen molar-refractivity contribution in [2.75, 3.05) is 19.8 Å². The first-order valence-electron chi connectivity index (χ1n) is 9.11. The zero-order valence-corrected chi connectivity index (χ0v) is 15.2. The van der Waals surface area contributed by atoms with Crippen molar-refractivity contribution < 1.29 is 49.6 Å². The van der Waals surface area contributed by atoms with Gasteiger partial charge in [-0.1, -0.05) is 19.1 Å². The molecule has 0 aliphatic carbocycles. The van der Waals surface area contributed by atoms with E-state index < -0.39 is 61.9 Å². The highest BCUT2D eigenvalue weighted by molar-refractivity contribution is 4.92. The summed E-state index contributed by atoms with van der Waals surface area (Å²) in [5.41, 5.74) is 0. The molecule has 9 unspecified atom stereocenters. The molecule has 2 aliphatic heterocycles. The fourth-order valence-electron chi connectivity index (χ4n) is 2.93. The lowest BCUT2D eigenvalue weighted by molar-refractivity contribution is -0.356. The summed E-state index contributed by atoms with van der Waals surface area (Å²) in [6.07, 6.45) is -6.75. The Kier molecular flexibility index (Phi) is 9.02. The monoisotopic (exact) mass is 394 g/mol. The number of ether oxygens (including phenoxy) is 4. The van der Waals surface area contributed by atoms with Crippen LogP contribution in [0.15, 0.2) is 12.2 Å². The minimum atomic E-state index is -1.57. The Labute approximate surface area is 157 Å². The molecule has 2 aliphatic rings. The van der Waals surface area contributed by atoms with Crippen molar-refractivity contribution in [1.29, 1.82) is 0 Å². The van der Waals surface area contributed by atoms with E-state index in [1.165, 1.54) is 0 Å². The van der Waals surface area contributed by atoms with E-state index >= 15 is 0 Å². The van der Waals surface area contributed by atoms with Crippen molar-refractivity contribution in [3.8, 4) is 0 Å². The molecular weight excluding hydrogens is 364 g/mol. The highest BCUT2D eigenvalue weighted by Gasteiger charge is 2.49. The van der Waals surface area contributed by atoms with Crippen LogP contribution in [0.2, 0.25) is 0 Å². The average Bonchev–Trinajstić information content (AvgIpc) is 2.66. The van der Waals surface area contributed by atoms with Gasteiger partial charge in [-0.25, -0.2) is 0 Å². The standard InChI is InChI=1S/C17H30O10/c1-2-3-4-5-6-24-17-15(13(22)12(21)10(7-18)26-17)27-16-14(23)11(20)9(19)8-25-16/h3-4,9-23H,2,5-8H2,1H3. The van der Waals surface area contributed by atoms with Crippen molar-refractivity contribution in [2.45, 2.75) is 75.1 Å². The molecule has 2 saturated heterocycles. The van der Waals surface area contributed by atoms with Crippen LogP contribution in [0.5, 0.6) is 0 Å². The lowest BCUT2D eigenvalue weighted by atomic mass is 9.98. The van der Waals surface area contributed by atoms with Gasteiger partial charge in [0.15, 0.2) is 12.6 Å². The molecule has 0 saturated carbocycles. The number of hydrogen-bond donors (Lipinski definition) is 6. The van der Waals surface area contributed by atoms with Gasteiger partial charge in [-0.3, -0.25) is 0 Å². The molecule has 10 heteroatoms. The minimum Gasteiger partial charge on any atom is -0.394 e. The Bertz CT molecular complexity index is 461. The van der Waals surface area contributed by atoms with Gasteiger partial charge in [-0.05, 0) is 12.8 Å². The van der Waals surface area contributed by atoms with E-state index in [1.807, 2.05) is 19.1 Å². The average molecular weight is 394 g/mol. The van der Waals surface area contributed by atoms with Gasteiger partial charge in [0.05, 0.1) is 19.8 Å². The van der Waals surface area contributed by atoms with Crippen LogP contribution >= 0.6 is 0 Å². The van der Waals surface area contributed by atoms with E-state index in [1.54, 1.807) is 0 Å². The Morgan fingerprint density at radius 2 is 1.70 bits per heavy atom. The molecule has 0 radical (unpaired) electrons. The van der Waals surface area contributed by atoms with E-state index in [-0.39, 0.29) is 13.2 Å². The Morgan fingerprint density at radius 1 is 0.963 bits per heavy atom. The smallest absolute Gasteiger partial charge is 0.187 e. The normalized spacial score (nSPS) is 43.3. The van der Waals surface area contributed by atoms with Crippen LogP contribution in [0.3, 0.4) is 0 Å². The van der Waals surface area contributed by atoms with E-state index in [4.69, 9.17) is 18.9 Å². The quantitative estimate of drug-likeness (QED) is 0.194. The maximum absolute atomic E-state index is 10.4. The van der Waals surface area contributed by atoms with Gasteiger partial charge in [0.2, 0.25) is 0 Å². The third-order valence-corrected chi connectivity index (χ3v) is 4.54. The highest BCUT2D eigenvalue weighted by Crippen LogP contribution is 2.28. The highest BCUT2D eigenvalue weighted by atomic mass is 16.7. The molecule has 2 fully saturated rings. The van der Waals surface area contributed by atoms with Gasteiger partial charge in [0.25, 0.3) is 0 Å². The summed E-state index contributed by atoms with van der Waals surface area (Å²) in [6, 6.07) is 0. The number of aliphatic hydroxyl groups is 6. The number of allylic oxidation sites excluding steroid dienone is 1. The predicted molar refractivity (Wildman–Crippen MR) is 90.4 cm³/mol. The van der Waals surface area contributed by atoms with Crippen molar-refractivity contribution in [2.24, 2.45) is 0 Å². The van der Waals surface area contributed by atoms with Crippen LogP contribution in [-0.4, -0.2) is 106 Å². The van der Waals surface area contributed by atoms with Crippen molar-refractivity contribution in [3.63, 3.8) is 0 Å². The maximum Gasteiger partial charge on any atom is 0.187 e. The zero-order chi connectivity index (χ0) is 20.0. The fraction of sp³-hybridized carbons (Fsp3) is 0.882. The molecule has 0 spiro atoms. The van der Waals surface area contributed by atoms with Crippen LogP contribution < -0.4 is 0 Å². The predicted octanol–water partition coefficient (Wildman–Crippen LogP) is -2.38. The lowest BCUT2D eigenvalue weighted by Crippen LogP contribution is -2.63. The second-order valence-corrected chi connectivity index (χ2v) is 6.60. The van der Waals surface area contributed by atoms with Gasteiger partial charge in [0.1, 0.15) is 42.7 Å². The van der Waals surface area contributed by atoms with E-state index in [2.05, 4.69) is 0 Å². The second-order valence-electron chi connectivity index (χ2n) is 6.60. The SMILES string of the molecule is CCC=CCCOC1OC(CO)C(O)C(O)C1OC1OCC(O)C(O)C1O. The van der Waals surface area contributed by atoms with Crippen molar-refractivity contribution >= 4 is 0 Å². The summed E-state index contributed by atoms with van der Waals surface area (Å²) in [7, 11) is 0. The van der Waals surface area contributed by atoms with Crippen LogP contribution in [0, 0.1) is 0 Å². The molecule has 27 heavy (non-hydrogen) atoms. The van der Waals surface area contributed by atoms with E-state index in [0.717, 1.165) is 6.42 Å². The van der Waals surface area contributed by atoms with Gasteiger partial charge >= 0.3 is 0 Å². The lowest BCUT2D eigenvalue weighted by Gasteiger charge is -2.44. The molecule has 0 aromatic rings. The Morgan fingerprint density at radius 3 is 2.37 bits per heavy atom. The second kappa shape index (κ2) is 10.8. The van der Waals surface area contributed by atoms with Crippen LogP contribution in [0.4, 0.5) is 0 Å². The molecule has 0 aromatic heterocycles. The summed E-state index contributed by atoms with van der Waals surface area (Å²) < 4.78 is 21.8. The zero-order valence-electron chi connectivity index (χ0n) is 15.2. The van der Waals surface area contributed by atoms with Gasteiger partial charge < -0.3 is 49.6 Å². The number of hydrogen-bond acceptors (Lipinski definition) is 10. The number of rotatable bonds is 8. The van der Waals surface area contributed by atoms with Crippen molar-refractivity contribution in [1.82, 2.24) is 0 Å². The van der Waals surface area contributed by atoms with Crippen LogP contribution in [-0.2, 0) is 18.9 Å². The van der Waals surface area contributed by atoms with E-state index in [9.17, 15) is 30.6 Å². The summed E-state index contributed by atoms with van der Waals surface area (Å²) >= 11 is 0. The molecule has 2 rings (SSSR count). The number of aliphatic hydroxyl groups excluding tert-OH is 6. The first kappa shape index (κ1) is 22.6. The largest absolute Gasteiger partial charge is 0.394 e. The first-order valence-corrected chi connectivity index (χ1v) is 9.11. The van der Waals surface area contributed by atoms with Crippen LogP contribution in [0.25, 0.3) is 0 Å². The van der Waals surface area contributed by atoms with Gasteiger partial charge in [0, 0.05) is 0 Å². The van der Waals surface area contributed by atoms with E-state index in [0.29, 0.717) is 6.42 Å². The first-order chi connectivity index (χ1) is 12.9. The third kappa shape index (κ3) is 5.67. The molecule has 2 heterocycles. The fourth-order valence-corrected chi connectivity index (χ4v) is 2.93. The molecular formula is C17H30O10. The minimum absolute atomic E-state index is 0.234. The maximum atomic E-state index is 10.4. The van der Waals surface area contributed by atoms with Crippen LogP contribution in [0.1, 0.15) is 19.8 Å². The van der Waals surface area contributed by atoms with Gasteiger partial charge in [-0.15, -0.1) is 0 Å². The van der Waals surface area contributed by atoms with Crippen molar-refractivity contribution in [3.05, 3.63) is 12.2 Å².